The summed E-state index contributed by atoms with van der Waals surface area (Å²) in [6, 6.07) is 61.7. The lowest BCUT2D eigenvalue weighted by molar-refractivity contribution is 0.637. The van der Waals surface area contributed by atoms with Crippen molar-refractivity contribution in [3.05, 3.63) is 203 Å². The Bertz CT molecular complexity index is 3120. The van der Waals surface area contributed by atoms with Gasteiger partial charge < -0.3 is 8.83 Å². The number of furan rings is 2. The smallest absolute Gasteiger partial charge is 0.143 e. The molecule has 2 aliphatic rings. The van der Waals surface area contributed by atoms with E-state index >= 15 is 0 Å². The summed E-state index contributed by atoms with van der Waals surface area (Å²) >= 11 is 0. The zero-order valence-corrected chi connectivity index (χ0v) is 30.0. The highest BCUT2D eigenvalue weighted by Crippen LogP contribution is 2.56. The zero-order valence-electron chi connectivity index (χ0n) is 30.0. The number of fused-ring (bicyclic) bond motifs is 12. The second-order valence-electron chi connectivity index (χ2n) is 15.4. The van der Waals surface area contributed by atoms with Gasteiger partial charge in [-0.1, -0.05) is 158 Å². The van der Waals surface area contributed by atoms with Crippen LogP contribution in [0.4, 0.5) is 0 Å². The molecular weight excluding hydrogens is 657 g/mol. The Labute approximate surface area is 312 Å². The summed E-state index contributed by atoms with van der Waals surface area (Å²) < 4.78 is 13.9. The van der Waals surface area contributed by atoms with Crippen molar-refractivity contribution in [1.82, 2.24) is 0 Å². The highest BCUT2D eigenvalue weighted by atomic mass is 16.3. The molecule has 2 aromatic heterocycles. The van der Waals surface area contributed by atoms with Crippen LogP contribution < -0.4 is 0 Å². The van der Waals surface area contributed by atoms with Crippen molar-refractivity contribution in [3.63, 3.8) is 0 Å². The van der Waals surface area contributed by atoms with Gasteiger partial charge in [0.15, 0.2) is 0 Å². The molecule has 0 radical (unpaired) electrons. The number of rotatable bonds is 3. The molecule has 2 heterocycles. The van der Waals surface area contributed by atoms with Gasteiger partial charge in [0.2, 0.25) is 0 Å². The number of para-hydroxylation sites is 3. The quantitative estimate of drug-likeness (QED) is 0.184. The lowest BCUT2D eigenvalue weighted by atomic mass is 9.74. The summed E-state index contributed by atoms with van der Waals surface area (Å²) in [6.07, 6.45) is 0. The molecule has 10 aromatic rings. The third-order valence-electron chi connectivity index (χ3n) is 12.9. The van der Waals surface area contributed by atoms with Gasteiger partial charge in [-0.2, -0.15) is 0 Å². The second kappa shape index (κ2) is 10.5. The first-order valence-electron chi connectivity index (χ1n) is 18.8. The van der Waals surface area contributed by atoms with E-state index in [0.717, 1.165) is 55.0 Å². The topological polar surface area (TPSA) is 26.3 Å². The fourth-order valence-corrected chi connectivity index (χ4v) is 10.3. The molecule has 2 nitrogen and oxygen atoms in total. The Morgan fingerprint density at radius 1 is 0.315 bits per heavy atom. The molecule has 0 unspecified atom stereocenters. The molecule has 8 aromatic carbocycles. The molecule has 54 heavy (non-hydrogen) atoms. The fourth-order valence-electron chi connectivity index (χ4n) is 10.3. The molecule has 0 spiro atoms. The molecule has 254 valence electrons. The fraction of sp³-hybridized carbons (Fsp3) is 0.0769. The van der Waals surface area contributed by atoms with E-state index in [1.165, 1.54) is 55.6 Å². The first-order valence-corrected chi connectivity index (χ1v) is 18.8. The molecule has 0 saturated heterocycles. The highest BCUT2D eigenvalue weighted by molar-refractivity contribution is 6.13. The van der Waals surface area contributed by atoms with Gasteiger partial charge >= 0.3 is 0 Å². The predicted molar refractivity (Wildman–Crippen MR) is 221 cm³/mol. The minimum atomic E-state index is -0.357. The van der Waals surface area contributed by atoms with Crippen LogP contribution in [0.5, 0.6) is 0 Å². The average Bonchev–Trinajstić information content (AvgIpc) is 3.95. The van der Waals surface area contributed by atoms with Gasteiger partial charge in [-0.25, -0.2) is 0 Å². The van der Waals surface area contributed by atoms with Crippen LogP contribution >= 0.6 is 0 Å². The SMILES string of the molecule is CC1(c2cccc3c2oc2ccc(-c4cccc5c4oc4c(C6(C)c7ccccc7-c7ccccc76)cccc45)cc23)c2ccccc2-c2ccccc21. The van der Waals surface area contributed by atoms with Crippen LogP contribution in [0.3, 0.4) is 0 Å². The molecule has 0 bridgehead atoms. The van der Waals surface area contributed by atoms with Crippen LogP contribution in [-0.4, -0.2) is 0 Å². The third-order valence-corrected chi connectivity index (χ3v) is 12.9. The summed E-state index contributed by atoms with van der Waals surface area (Å²) in [5.41, 5.74) is 18.0. The van der Waals surface area contributed by atoms with E-state index in [4.69, 9.17) is 8.83 Å². The Morgan fingerprint density at radius 3 is 1.22 bits per heavy atom. The standard InChI is InChI=1S/C52H34O2/c1-51(41-22-7-3-14-33(41)34-15-4-8-23-42(34)51)45-26-13-21-39-40-30-31(28-29-47(40)53-49(39)45)32-18-11-19-37-38-20-12-27-46(50(38)54-48(32)37)52(2)43-24-9-5-16-35(43)36-17-6-10-25-44(36)52/h3-30H,1-2H3. The summed E-state index contributed by atoms with van der Waals surface area (Å²) in [4.78, 5) is 0. The van der Waals surface area contributed by atoms with Crippen molar-refractivity contribution in [3.8, 4) is 33.4 Å². The Kier molecular flexibility index (Phi) is 5.81. The van der Waals surface area contributed by atoms with Crippen LogP contribution in [0.2, 0.25) is 0 Å². The molecular formula is C52H34O2. The predicted octanol–water partition coefficient (Wildman–Crippen LogP) is 13.8. The van der Waals surface area contributed by atoms with Gasteiger partial charge in [-0.05, 0) is 76.1 Å². The summed E-state index contributed by atoms with van der Waals surface area (Å²) in [6.45, 7) is 4.71. The zero-order chi connectivity index (χ0) is 35.8. The Hall–Kier alpha value is -6.64. The summed E-state index contributed by atoms with van der Waals surface area (Å²) in [5.74, 6) is 0. The maximum Gasteiger partial charge on any atom is 0.143 e. The van der Waals surface area contributed by atoms with Crippen molar-refractivity contribution < 1.29 is 8.83 Å². The largest absolute Gasteiger partial charge is 0.456 e. The highest BCUT2D eigenvalue weighted by Gasteiger charge is 2.43. The van der Waals surface area contributed by atoms with E-state index < -0.39 is 0 Å². The molecule has 2 aliphatic carbocycles. The van der Waals surface area contributed by atoms with Crippen LogP contribution in [0, 0.1) is 0 Å². The second-order valence-corrected chi connectivity index (χ2v) is 15.4. The van der Waals surface area contributed by atoms with Gasteiger partial charge in [0, 0.05) is 49.1 Å². The molecule has 2 heteroatoms. The number of benzene rings is 8. The van der Waals surface area contributed by atoms with Gasteiger partial charge in [0.05, 0.1) is 0 Å². The van der Waals surface area contributed by atoms with Gasteiger partial charge in [-0.3, -0.25) is 0 Å². The Morgan fingerprint density at radius 2 is 0.704 bits per heavy atom. The molecule has 0 saturated carbocycles. The van der Waals surface area contributed by atoms with Crippen LogP contribution in [0.15, 0.2) is 179 Å². The van der Waals surface area contributed by atoms with Gasteiger partial charge in [-0.15, -0.1) is 0 Å². The van der Waals surface area contributed by atoms with E-state index in [0.29, 0.717) is 0 Å². The van der Waals surface area contributed by atoms with E-state index in [1.807, 2.05) is 0 Å². The van der Waals surface area contributed by atoms with Crippen molar-refractivity contribution in [2.45, 2.75) is 24.7 Å². The van der Waals surface area contributed by atoms with Crippen molar-refractivity contribution in [1.29, 1.82) is 0 Å². The first-order chi connectivity index (χ1) is 26.5. The molecule has 0 amide bonds. The van der Waals surface area contributed by atoms with E-state index in [2.05, 4.69) is 184 Å². The van der Waals surface area contributed by atoms with Crippen LogP contribution in [0.1, 0.15) is 47.2 Å². The van der Waals surface area contributed by atoms with Crippen molar-refractivity contribution >= 4 is 43.9 Å². The maximum absolute atomic E-state index is 7.10. The van der Waals surface area contributed by atoms with Crippen molar-refractivity contribution in [2.75, 3.05) is 0 Å². The summed E-state index contributed by atoms with van der Waals surface area (Å²) in [7, 11) is 0. The van der Waals surface area contributed by atoms with Gasteiger partial charge in [0.1, 0.15) is 22.3 Å². The maximum atomic E-state index is 7.10. The molecule has 0 atom stereocenters. The summed E-state index contributed by atoms with van der Waals surface area (Å²) in [5, 5.41) is 4.49. The lowest BCUT2D eigenvalue weighted by Crippen LogP contribution is -2.22. The van der Waals surface area contributed by atoms with E-state index in [-0.39, 0.29) is 10.8 Å². The minimum Gasteiger partial charge on any atom is -0.456 e. The normalized spacial score (nSPS) is 14.8. The van der Waals surface area contributed by atoms with Crippen LogP contribution in [0.25, 0.3) is 77.3 Å². The monoisotopic (exact) mass is 690 g/mol. The van der Waals surface area contributed by atoms with Gasteiger partial charge in [0.25, 0.3) is 0 Å². The average molecular weight is 691 g/mol. The van der Waals surface area contributed by atoms with E-state index in [1.54, 1.807) is 0 Å². The first kappa shape index (κ1) is 29.9. The molecule has 0 fully saturated rings. The Balaban J connectivity index is 1.05. The lowest BCUT2D eigenvalue weighted by Gasteiger charge is -2.28. The van der Waals surface area contributed by atoms with E-state index in [9.17, 15) is 0 Å². The third kappa shape index (κ3) is 3.65. The molecule has 0 N–H and O–H groups in total. The number of hydrogen-bond acceptors (Lipinski definition) is 2. The van der Waals surface area contributed by atoms with Crippen molar-refractivity contribution in [2.24, 2.45) is 0 Å². The van der Waals surface area contributed by atoms with Crippen LogP contribution in [-0.2, 0) is 10.8 Å². The molecule has 0 aliphatic heterocycles. The minimum absolute atomic E-state index is 0.349. The number of hydrogen-bond donors (Lipinski definition) is 0. The molecule has 12 rings (SSSR count).